The molecule has 0 unspecified atom stereocenters. The van der Waals surface area contributed by atoms with Crippen molar-refractivity contribution in [3.8, 4) is 16.8 Å². The molecule has 0 saturated heterocycles. The largest absolute Gasteiger partial charge is 0.309 e. The Kier molecular flexibility index (Phi) is 5.32. The third-order valence-electron chi connectivity index (χ3n) is 11.5. The predicted octanol–water partition coefficient (Wildman–Crippen LogP) is 12.9. The van der Waals surface area contributed by atoms with Gasteiger partial charge in [0.1, 0.15) is 0 Å². The molecule has 51 heavy (non-hydrogen) atoms. The van der Waals surface area contributed by atoms with Gasteiger partial charge in [0.2, 0.25) is 0 Å². The lowest BCUT2D eigenvalue weighted by atomic mass is 10.0. The lowest BCUT2D eigenvalue weighted by Gasteiger charge is -2.10. The van der Waals surface area contributed by atoms with Crippen molar-refractivity contribution >= 4 is 81.4 Å². The van der Waals surface area contributed by atoms with Crippen LogP contribution < -0.4 is 0 Å². The Hall–Kier alpha value is -6.64. The summed E-state index contributed by atoms with van der Waals surface area (Å²) in [5.74, 6) is 0. The number of fused-ring (bicyclic) bond motifs is 10. The summed E-state index contributed by atoms with van der Waals surface area (Å²) in [6.45, 7) is 0. The molecule has 1 aliphatic rings. The fourth-order valence-electron chi connectivity index (χ4n) is 9.34. The lowest BCUT2D eigenvalue weighted by Crippen LogP contribution is -1.93. The smallest absolute Gasteiger partial charge is 0.0619 e. The third-order valence-corrected chi connectivity index (χ3v) is 11.5. The number of para-hydroxylation sites is 3. The highest BCUT2D eigenvalue weighted by atomic mass is 15.0. The zero-order chi connectivity index (χ0) is 33.2. The molecule has 0 radical (unpaired) electrons. The molecule has 12 rings (SSSR count). The van der Waals surface area contributed by atoms with Gasteiger partial charge in [-0.05, 0) is 86.6 Å². The van der Waals surface area contributed by atoms with Crippen LogP contribution in [0, 0.1) is 0 Å². The standard InChI is InChI=1S/C49H30N2/c1-2-11-30(12-3-1)31-23-25-34(26-24-31)50-43-21-6-5-16-36(43)41-28-46-42(29-45(41)50)40-20-10-19-39-38-18-9-14-33-27-32-13-8-17-37(47(32)48(33)38)35-15-4-7-22-44(35)51(46)49(39)40/h1-26,28-29H,27H2. The topological polar surface area (TPSA) is 9.34 Å². The first kappa shape index (κ1) is 27.2. The van der Waals surface area contributed by atoms with Gasteiger partial charge in [-0.3, -0.25) is 0 Å². The molecule has 3 heterocycles. The molecule has 0 atom stereocenters. The van der Waals surface area contributed by atoms with Crippen molar-refractivity contribution in [2.75, 3.05) is 0 Å². The molecule has 0 N–H and O–H groups in total. The molecule has 11 aromatic rings. The lowest BCUT2D eigenvalue weighted by molar-refractivity contribution is 1.18. The molecule has 1 aliphatic carbocycles. The monoisotopic (exact) mass is 646 g/mol. The number of hydrogen-bond acceptors (Lipinski definition) is 0. The van der Waals surface area contributed by atoms with Gasteiger partial charge in [-0.25, -0.2) is 0 Å². The first-order valence-corrected chi connectivity index (χ1v) is 17.8. The zero-order valence-corrected chi connectivity index (χ0v) is 27.8. The normalized spacial score (nSPS) is 12.6. The van der Waals surface area contributed by atoms with Gasteiger partial charge in [0, 0.05) is 38.0 Å². The van der Waals surface area contributed by atoms with Crippen LogP contribution in [-0.2, 0) is 6.42 Å². The highest BCUT2D eigenvalue weighted by Crippen LogP contribution is 2.45. The molecular weight excluding hydrogens is 617 g/mol. The van der Waals surface area contributed by atoms with Crippen LogP contribution in [0.1, 0.15) is 11.1 Å². The summed E-state index contributed by atoms with van der Waals surface area (Å²) in [7, 11) is 0. The second-order valence-electron chi connectivity index (χ2n) is 14.1. The number of nitrogens with zero attached hydrogens (tertiary/aromatic N) is 2. The van der Waals surface area contributed by atoms with Crippen LogP contribution in [0.3, 0.4) is 0 Å². The summed E-state index contributed by atoms with van der Waals surface area (Å²) in [6.07, 6.45) is 0.974. The van der Waals surface area contributed by atoms with Gasteiger partial charge in [0.15, 0.2) is 0 Å². The van der Waals surface area contributed by atoms with Crippen molar-refractivity contribution < 1.29 is 0 Å². The molecule has 2 nitrogen and oxygen atoms in total. The molecule has 0 aliphatic heterocycles. The van der Waals surface area contributed by atoms with E-state index in [0.29, 0.717) is 0 Å². The van der Waals surface area contributed by atoms with Crippen LogP contribution >= 0.6 is 0 Å². The first-order valence-electron chi connectivity index (χ1n) is 17.8. The van der Waals surface area contributed by atoms with Gasteiger partial charge in [-0.2, -0.15) is 0 Å². The van der Waals surface area contributed by atoms with Gasteiger partial charge in [0.05, 0.1) is 27.6 Å². The van der Waals surface area contributed by atoms with Crippen LogP contribution in [0.25, 0.3) is 98.3 Å². The fourth-order valence-corrected chi connectivity index (χ4v) is 9.34. The third kappa shape index (κ3) is 3.61. The summed E-state index contributed by atoms with van der Waals surface area (Å²) >= 11 is 0. The van der Waals surface area contributed by atoms with E-state index in [0.717, 1.165) is 12.1 Å². The van der Waals surface area contributed by atoms with Gasteiger partial charge in [0.25, 0.3) is 0 Å². The van der Waals surface area contributed by atoms with E-state index < -0.39 is 0 Å². The Bertz CT molecular complexity index is 3310. The quantitative estimate of drug-likeness (QED) is 0.177. The van der Waals surface area contributed by atoms with E-state index >= 15 is 0 Å². The number of rotatable bonds is 2. The van der Waals surface area contributed by atoms with E-state index in [2.05, 4.69) is 179 Å². The maximum absolute atomic E-state index is 2.56. The van der Waals surface area contributed by atoms with E-state index in [1.807, 2.05) is 0 Å². The van der Waals surface area contributed by atoms with Gasteiger partial charge >= 0.3 is 0 Å². The first-order chi connectivity index (χ1) is 25.3. The highest BCUT2D eigenvalue weighted by molar-refractivity contribution is 6.28. The second-order valence-corrected chi connectivity index (χ2v) is 14.1. The Balaban J connectivity index is 1.28. The highest BCUT2D eigenvalue weighted by Gasteiger charge is 2.22. The predicted molar refractivity (Wildman–Crippen MR) is 216 cm³/mol. The van der Waals surface area contributed by atoms with Crippen molar-refractivity contribution in [3.05, 3.63) is 181 Å². The number of benzene rings is 8. The molecule has 236 valence electrons. The zero-order valence-electron chi connectivity index (χ0n) is 27.8. The number of aromatic nitrogens is 2. The SMILES string of the molecule is c1ccc(-c2ccc(-n3c4ccccc4c4cc5c(cc43)c3cccc4c6cccc7c6c6c(cccc6c6ccccc6n5c43)C7)cc2)cc1. The van der Waals surface area contributed by atoms with E-state index in [4.69, 9.17) is 0 Å². The van der Waals surface area contributed by atoms with E-state index in [1.165, 1.54) is 104 Å². The van der Waals surface area contributed by atoms with Crippen LogP contribution in [-0.4, -0.2) is 8.97 Å². The Labute approximate surface area is 293 Å². The summed E-state index contributed by atoms with van der Waals surface area (Å²) in [5.41, 5.74) is 12.6. The summed E-state index contributed by atoms with van der Waals surface area (Å²) in [6, 6.07) is 63.2. The van der Waals surface area contributed by atoms with Crippen molar-refractivity contribution in [2.24, 2.45) is 0 Å². The second kappa shape index (κ2) is 9.97. The van der Waals surface area contributed by atoms with Gasteiger partial charge < -0.3 is 8.97 Å². The molecule has 0 amide bonds. The summed E-state index contributed by atoms with van der Waals surface area (Å²) in [4.78, 5) is 0. The molecule has 8 aromatic carbocycles. The number of hydrogen-bond donors (Lipinski definition) is 0. The minimum absolute atomic E-state index is 0.974. The molecule has 0 bridgehead atoms. The van der Waals surface area contributed by atoms with Crippen molar-refractivity contribution in [1.29, 1.82) is 0 Å². The van der Waals surface area contributed by atoms with Crippen LogP contribution in [0.2, 0.25) is 0 Å². The van der Waals surface area contributed by atoms with Crippen molar-refractivity contribution in [3.63, 3.8) is 0 Å². The van der Waals surface area contributed by atoms with Crippen molar-refractivity contribution in [1.82, 2.24) is 8.97 Å². The molecular formula is C49H30N2. The van der Waals surface area contributed by atoms with Gasteiger partial charge in [-0.15, -0.1) is 0 Å². The van der Waals surface area contributed by atoms with Crippen LogP contribution in [0.15, 0.2) is 170 Å². The molecule has 2 heteroatoms. The summed E-state index contributed by atoms with van der Waals surface area (Å²) < 4.78 is 5.01. The maximum Gasteiger partial charge on any atom is 0.0619 e. The Morgan fingerprint density at radius 3 is 1.59 bits per heavy atom. The molecule has 3 aromatic heterocycles. The van der Waals surface area contributed by atoms with Gasteiger partial charge in [-0.1, -0.05) is 133 Å². The van der Waals surface area contributed by atoms with E-state index in [9.17, 15) is 0 Å². The van der Waals surface area contributed by atoms with E-state index in [-0.39, 0.29) is 0 Å². The summed E-state index contributed by atoms with van der Waals surface area (Å²) in [5, 5.41) is 13.0. The van der Waals surface area contributed by atoms with Crippen molar-refractivity contribution in [2.45, 2.75) is 6.42 Å². The minimum atomic E-state index is 0.974. The average molecular weight is 647 g/mol. The van der Waals surface area contributed by atoms with Crippen LogP contribution in [0.5, 0.6) is 0 Å². The minimum Gasteiger partial charge on any atom is -0.309 e. The molecule has 0 spiro atoms. The average Bonchev–Trinajstić information content (AvgIpc) is 3.85. The van der Waals surface area contributed by atoms with Crippen LogP contribution in [0.4, 0.5) is 0 Å². The molecule has 0 saturated carbocycles. The maximum atomic E-state index is 2.56. The van der Waals surface area contributed by atoms with E-state index in [1.54, 1.807) is 0 Å². The molecule has 0 fully saturated rings. The fraction of sp³-hybridized carbons (Fsp3) is 0.0204. The Morgan fingerprint density at radius 1 is 0.333 bits per heavy atom. The Morgan fingerprint density at radius 2 is 0.843 bits per heavy atom.